The summed E-state index contributed by atoms with van der Waals surface area (Å²) in [4.78, 5) is 26.2. The number of unbranched alkanes of at least 4 members (excludes halogenated alkanes) is 8. The molecule has 4 nitrogen and oxygen atoms in total. The van der Waals surface area contributed by atoms with Crippen LogP contribution in [0.1, 0.15) is 125 Å². The fourth-order valence-electron chi connectivity index (χ4n) is 6.24. The standard InChI is InChI=1S/C40H52O4/c1-4-6-8-10-11-13-17-31-20-22-32(23-21-31)37-18-14-15-19-38(37)40(42)44-36-27-26-33-28-35(25-24-34(33)29-36)39(41)43-30(3)16-12-9-7-5-2/h14-15,18-23,26-27,29-30,35H,4-13,16-17,24-25,28H2,1-3H3/t30-,35?/m1/s1. The summed E-state index contributed by atoms with van der Waals surface area (Å²) < 4.78 is 11.7. The van der Waals surface area contributed by atoms with E-state index in [0.29, 0.717) is 17.7 Å². The van der Waals surface area contributed by atoms with Gasteiger partial charge in [-0.1, -0.05) is 114 Å². The molecule has 4 rings (SSSR count). The van der Waals surface area contributed by atoms with Crippen LogP contribution in [0, 0.1) is 5.92 Å². The van der Waals surface area contributed by atoms with Gasteiger partial charge in [-0.15, -0.1) is 0 Å². The number of hydrogen-bond acceptors (Lipinski definition) is 4. The van der Waals surface area contributed by atoms with Crippen LogP contribution in [0.2, 0.25) is 0 Å². The number of aryl methyl sites for hydroxylation is 2. The smallest absolute Gasteiger partial charge is 0.344 e. The number of benzene rings is 3. The molecule has 0 spiro atoms. The Balaban J connectivity index is 1.32. The van der Waals surface area contributed by atoms with E-state index in [0.717, 1.165) is 54.4 Å². The zero-order valence-electron chi connectivity index (χ0n) is 27.2. The van der Waals surface area contributed by atoms with E-state index in [2.05, 4.69) is 38.1 Å². The summed E-state index contributed by atoms with van der Waals surface area (Å²) in [5, 5.41) is 0. The highest BCUT2D eigenvalue weighted by atomic mass is 16.5. The first-order chi connectivity index (χ1) is 21.5. The van der Waals surface area contributed by atoms with Crippen LogP contribution in [0.4, 0.5) is 0 Å². The van der Waals surface area contributed by atoms with Gasteiger partial charge < -0.3 is 9.47 Å². The first-order valence-electron chi connectivity index (χ1n) is 17.2. The van der Waals surface area contributed by atoms with Crippen molar-refractivity contribution in [3.8, 4) is 16.9 Å². The Morgan fingerprint density at radius 2 is 1.50 bits per heavy atom. The molecule has 3 aromatic rings. The largest absolute Gasteiger partial charge is 0.462 e. The molecule has 0 saturated heterocycles. The summed E-state index contributed by atoms with van der Waals surface area (Å²) in [5.41, 5.74) is 6.06. The van der Waals surface area contributed by atoms with Gasteiger partial charge in [-0.2, -0.15) is 0 Å². The molecule has 1 aliphatic carbocycles. The van der Waals surface area contributed by atoms with Crippen LogP contribution in [0.5, 0.6) is 5.75 Å². The summed E-state index contributed by atoms with van der Waals surface area (Å²) in [6.45, 7) is 6.46. The van der Waals surface area contributed by atoms with Gasteiger partial charge in [0.2, 0.25) is 0 Å². The predicted molar refractivity (Wildman–Crippen MR) is 180 cm³/mol. The molecule has 236 valence electrons. The maximum atomic E-state index is 13.4. The van der Waals surface area contributed by atoms with Gasteiger partial charge >= 0.3 is 11.9 Å². The molecular weight excluding hydrogens is 544 g/mol. The SMILES string of the molecule is CCCCCCCCc1ccc(-c2ccccc2C(=O)Oc2ccc3c(c2)CCC(C(=O)O[C@H](C)CCCCCC)C3)cc1. The Morgan fingerprint density at radius 3 is 2.27 bits per heavy atom. The zero-order valence-corrected chi connectivity index (χ0v) is 27.2. The number of esters is 2. The van der Waals surface area contributed by atoms with Gasteiger partial charge in [-0.25, -0.2) is 4.79 Å². The molecular formula is C40H52O4. The second-order valence-corrected chi connectivity index (χ2v) is 12.6. The number of fused-ring (bicyclic) bond motifs is 1. The maximum Gasteiger partial charge on any atom is 0.344 e. The molecule has 0 N–H and O–H groups in total. The first kappa shape index (κ1) is 33.5. The van der Waals surface area contributed by atoms with Crippen molar-refractivity contribution < 1.29 is 19.1 Å². The third kappa shape index (κ3) is 10.1. The highest BCUT2D eigenvalue weighted by Crippen LogP contribution is 2.31. The summed E-state index contributed by atoms with van der Waals surface area (Å²) >= 11 is 0. The van der Waals surface area contributed by atoms with E-state index in [-0.39, 0.29) is 24.0 Å². The molecule has 0 fully saturated rings. The molecule has 1 unspecified atom stereocenters. The summed E-state index contributed by atoms with van der Waals surface area (Å²) in [6, 6.07) is 22.1. The average molecular weight is 597 g/mol. The van der Waals surface area contributed by atoms with Crippen LogP contribution >= 0.6 is 0 Å². The van der Waals surface area contributed by atoms with Crippen LogP contribution in [0.25, 0.3) is 11.1 Å². The summed E-state index contributed by atoms with van der Waals surface area (Å²) in [5.74, 6) is -0.0132. The van der Waals surface area contributed by atoms with Gasteiger partial charge in [0, 0.05) is 0 Å². The Hall–Kier alpha value is -3.40. The highest BCUT2D eigenvalue weighted by molar-refractivity contribution is 5.98. The Labute approximate surface area is 265 Å². The topological polar surface area (TPSA) is 52.6 Å². The Kier molecular flexibility index (Phi) is 13.5. The molecule has 2 atom stereocenters. The minimum atomic E-state index is -0.359. The van der Waals surface area contributed by atoms with Crippen molar-refractivity contribution in [3.05, 3.63) is 89.0 Å². The molecule has 0 heterocycles. The quantitative estimate of drug-likeness (QED) is 0.0884. The van der Waals surface area contributed by atoms with Crippen LogP contribution in [0.3, 0.4) is 0 Å². The number of carbonyl (C=O) groups is 2. The van der Waals surface area contributed by atoms with Crippen molar-refractivity contribution in [1.82, 2.24) is 0 Å². The van der Waals surface area contributed by atoms with Crippen LogP contribution < -0.4 is 4.74 Å². The van der Waals surface area contributed by atoms with Crippen molar-refractivity contribution in [3.63, 3.8) is 0 Å². The number of rotatable bonds is 17. The van der Waals surface area contributed by atoms with E-state index in [1.165, 1.54) is 63.4 Å². The lowest BCUT2D eigenvalue weighted by Crippen LogP contribution is -2.27. The lowest BCUT2D eigenvalue weighted by Gasteiger charge is -2.25. The van der Waals surface area contributed by atoms with Crippen molar-refractivity contribution in [2.24, 2.45) is 5.92 Å². The molecule has 3 aromatic carbocycles. The third-order valence-electron chi connectivity index (χ3n) is 8.96. The Morgan fingerprint density at radius 1 is 0.795 bits per heavy atom. The van der Waals surface area contributed by atoms with E-state index in [1.807, 2.05) is 49.4 Å². The lowest BCUT2D eigenvalue weighted by atomic mass is 9.84. The maximum absolute atomic E-state index is 13.4. The first-order valence-corrected chi connectivity index (χ1v) is 17.2. The molecule has 1 aliphatic rings. The molecule has 0 saturated carbocycles. The van der Waals surface area contributed by atoms with Crippen LogP contribution in [0.15, 0.2) is 66.7 Å². The van der Waals surface area contributed by atoms with Crippen molar-refractivity contribution in [1.29, 1.82) is 0 Å². The van der Waals surface area contributed by atoms with E-state index in [9.17, 15) is 9.59 Å². The van der Waals surface area contributed by atoms with E-state index >= 15 is 0 Å². The van der Waals surface area contributed by atoms with Crippen molar-refractivity contribution >= 4 is 11.9 Å². The van der Waals surface area contributed by atoms with Gasteiger partial charge in [-0.3, -0.25) is 4.79 Å². The van der Waals surface area contributed by atoms with Gasteiger partial charge in [0.05, 0.1) is 17.6 Å². The minimum absolute atomic E-state index is 0.0338. The van der Waals surface area contributed by atoms with E-state index in [1.54, 1.807) is 0 Å². The molecule has 44 heavy (non-hydrogen) atoms. The van der Waals surface area contributed by atoms with Crippen molar-refractivity contribution in [2.75, 3.05) is 0 Å². The van der Waals surface area contributed by atoms with Crippen molar-refractivity contribution in [2.45, 2.75) is 123 Å². The fraction of sp³-hybridized carbons (Fsp3) is 0.500. The molecule has 0 bridgehead atoms. The fourth-order valence-corrected chi connectivity index (χ4v) is 6.24. The monoisotopic (exact) mass is 596 g/mol. The molecule has 0 aliphatic heterocycles. The predicted octanol–water partition coefficient (Wildman–Crippen LogP) is 10.5. The number of ether oxygens (including phenoxy) is 2. The summed E-state index contributed by atoms with van der Waals surface area (Å²) in [7, 11) is 0. The van der Waals surface area contributed by atoms with Gasteiger partial charge in [0.1, 0.15) is 5.75 Å². The lowest BCUT2D eigenvalue weighted by molar-refractivity contribution is -0.154. The minimum Gasteiger partial charge on any atom is -0.462 e. The van der Waals surface area contributed by atoms with E-state index < -0.39 is 0 Å². The molecule has 0 amide bonds. The molecule has 0 radical (unpaired) electrons. The van der Waals surface area contributed by atoms with Crippen LogP contribution in [-0.4, -0.2) is 18.0 Å². The zero-order chi connectivity index (χ0) is 31.1. The number of hydrogen-bond donors (Lipinski definition) is 0. The highest BCUT2D eigenvalue weighted by Gasteiger charge is 2.27. The average Bonchev–Trinajstić information content (AvgIpc) is 3.04. The second-order valence-electron chi connectivity index (χ2n) is 12.6. The summed E-state index contributed by atoms with van der Waals surface area (Å²) in [6.07, 6.45) is 16.7. The Bertz CT molecular complexity index is 1330. The molecule has 0 aromatic heterocycles. The van der Waals surface area contributed by atoms with Gasteiger partial charge in [-0.05, 0) is 97.9 Å². The van der Waals surface area contributed by atoms with Gasteiger partial charge in [0.25, 0.3) is 0 Å². The van der Waals surface area contributed by atoms with Gasteiger partial charge in [0.15, 0.2) is 0 Å². The molecule has 4 heteroatoms. The second kappa shape index (κ2) is 17.8. The number of carbonyl (C=O) groups excluding carboxylic acids is 2. The van der Waals surface area contributed by atoms with E-state index in [4.69, 9.17) is 9.47 Å². The third-order valence-corrected chi connectivity index (χ3v) is 8.96. The van der Waals surface area contributed by atoms with Crippen LogP contribution in [-0.2, 0) is 28.8 Å². The normalized spacial score (nSPS) is 14.9.